The molecule has 33 heavy (non-hydrogen) atoms. The fourth-order valence-electron chi connectivity index (χ4n) is 3.85. The Morgan fingerprint density at radius 1 is 1.24 bits per heavy atom. The molecule has 0 unspecified atom stereocenters. The Balaban J connectivity index is 1.66. The summed E-state index contributed by atoms with van der Waals surface area (Å²) in [6.07, 6.45) is 5.09. The lowest BCUT2D eigenvalue weighted by Crippen LogP contribution is -2.35. The number of rotatable bonds is 6. The minimum atomic E-state index is -4.52. The second-order valence-corrected chi connectivity index (χ2v) is 9.58. The van der Waals surface area contributed by atoms with Crippen LogP contribution in [0.2, 0.25) is 0 Å². The number of hydrogen-bond donors (Lipinski definition) is 2. The molecule has 1 aliphatic carbocycles. The average Bonchev–Trinajstić information content (AvgIpc) is 3.41. The summed E-state index contributed by atoms with van der Waals surface area (Å²) in [7, 11) is -3.02. The maximum Gasteiger partial charge on any atom is 0.333 e. The van der Waals surface area contributed by atoms with Crippen molar-refractivity contribution < 1.29 is 22.3 Å². The first kappa shape index (κ1) is 22.7. The van der Waals surface area contributed by atoms with Crippen molar-refractivity contribution in [1.82, 2.24) is 19.5 Å². The molecule has 0 bridgehead atoms. The Bertz CT molecular complexity index is 1320. The molecule has 0 radical (unpaired) electrons. The van der Waals surface area contributed by atoms with Crippen LogP contribution < -0.4 is 14.8 Å². The van der Waals surface area contributed by atoms with Crippen LogP contribution in [0.4, 0.5) is 14.9 Å². The lowest BCUT2D eigenvalue weighted by molar-refractivity contribution is 0.256. The van der Waals surface area contributed by atoms with Crippen molar-refractivity contribution in [3.8, 4) is 17.0 Å². The summed E-state index contributed by atoms with van der Waals surface area (Å²) in [5.41, 5.74) is 3.96. The minimum Gasteiger partial charge on any atom is -0.481 e. The van der Waals surface area contributed by atoms with E-state index in [1.165, 1.54) is 11.8 Å². The van der Waals surface area contributed by atoms with Crippen LogP contribution in [0.25, 0.3) is 11.1 Å². The molecule has 0 saturated carbocycles. The van der Waals surface area contributed by atoms with Gasteiger partial charge in [0.15, 0.2) is 5.82 Å². The molecule has 2 amide bonds. The number of carbonyl (C=O) groups excluding carboxylic acids is 1. The van der Waals surface area contributed by atoms with Gasteiger partial charge in [-0.25, -0.2) is 18.9 Å². The maximum absolute atomic E-state index is 14.2. The van der Waals surface area contributed by atoms with Gasteiger partial charge in [-0.2, -0.15) is 13.5 Å². The number of methoxy groups -OCH3 is 1. The third kappa shape index (κ3) is 4.54. The summed E-state index contributed by atoms with van der Waals surface area (Å²) < 4.78 is 47.8. The van der Waals surface area contributed by atoms with Crippen LogP contribution in [0.3, 0.4) is 0 Å². The quantitative estimate of drug-likeness (QED) is 0.564. The van der Waals surface area contributed by atoms with Crippen molar-refractivity contribution in [2.24, 2.45) is 0 Å². The highest BCUT2D eigenvalue weighted by Crippen LogP contribution is 2.38. The number of hydrogen-bond acceptors (Lipinski definition) is 6. The summed E-state index contributed by atoms with van der Waals surface area (Å²) in [5.74, 6) is -0.628. The molecule has 3 aromatic rings. The smallest absolute Gasteiger partial charge is 0.333 e. The molecule has 2 aromatic heterocycles. The predicted molar refractivity (Wildman–Crippen MR) is 120 cm³/mol. The summed E-state index contributed by atoms with van der Waals surface area (Å²) in [6, 6.07) is 6.11. The van der Waals surface area contributed by atoms with Crippen molar-refractivity contribution >= 4 is 21.7 Å². The Morgan fingerprint density at radius 2 is 2.03 bits per heavy atom. The van der Waals surface area contributed by atoms with E-state index in [2.05, 4.69) is 15.4 Å². The molecule has 174 valence electrons. The number of aryl methyl sites for hydroxylation is 1. The van der Waals surface area contributed by atoms with Crippen LogP contribution in [0.1, 0.15) is 37.4 Å². The van der Waals surface area contributed by atoms with Crippen molar-refractivity contribution in [2.75, 3.05) is 12.4 Å². The Labute approximate surface area is 191 Å². The molecule has 1 aliphatic rings. The monoisotopic (exact) mass is 473 g/mol. The van der Waals surface area contributed by atoms with E-state index in [-0.39, 0.29) is 6.04 Å². The van der Waals surface area contributed by atoms with Crippen molar-refractivity contribution in [2.45, 2.75) is 44.2 Å². The predicted octanol–water partition coefficient (Wildman–Crippen LogP) is 3.67. The highest BCUT2D eigenvalue weighted by molar-refractivity contribution is 7.90. The van der Waals surface area contributed by atoms with E-state index in [1.807, 2.05) is 16.9 Å². The van der Waals surface area contributed by atoms with E-state index in [4.69, 9.17) is 4.74 Å². The number of pyridine rings is 1. The van der Waals surface area contributed by atoms with Crippen LogP contribution in [0.5, 0.6) is 5.88 Å². The number of carbonyl (C=O) groups is 1. The minimum absolute atomic E-state index is 0.246. The summed E-state index contributed by atoms with van der Waals surface area (Å²) in [6.45, 7) is 3.46. The number of halogens is 1. The first-order chi connectivity index (χ1) is 15.7. The zero-order chi connectivity index (χ0) is 23.8. The molecule has 0 saturated heterocycles. The molecule has 2 heterocycles. The van der Waals surface area contributed by atoms with Gasteiger partial charge < -0.3 is 10.1 Å². The molecular weight excluding hydrogens is 449 g/mol. The molecular formula is C22H24FN5O4S. The average molecular weight is 474 g/mol. The molecule has 4 rings (SSSR count). The van der Waals surface area contributed by atoms with Gasteiger partial charge in [0.05, 0.1) is 19.0 Å². The van der Waals surface area contributed by atoms with Crippen LogP contribution in [0.15, 0.2) is 41.7 Å². The van der Waals surface area contributed by atoms with E-state index in [0.29, 0.717) is 17.1 Å². The number of anilines is 1. The molecule has 0 atom stereocenters. The largest absolute Gasteiger partial charge is 0.481 e. The van der Waals surface area contributed by atoms with Gasteiger partial charge >= 0.3 is 6.03 Å². The fourth-order valence-corrected chi connectivity index (χ4v) is 4.75. The number of ether oxygens (including phenoxy) is 1. The maximum atomic E-state index is 14.2. The second-order valence-electron chi connectivity index (χ2n) is 7.98. The Kier molecular flexibility index (Phi) is 6.07. The van der Waals surface area contributed by atoms with Crippen molar-refractivity contribution in [3.63, 3.8) is 0 Å². The molecule has 9 nitrogen and oxygen atoms in total. The molecule has 1 aromatic carbocycles. The van der Waals surface area contributed by atoms with Crippen molar-refractivity contribution in [1.29, 1.82) is 0 Å². The SMILES string of the molecule is COc1cc(-c2ccc3c(c2NC(=O)NS(=O)(=O)c2nn(C(C)C)cc2F)CCC3)ccn1. The van der Waals surface area contributed by atoms with Crippen molar-refractivity contribution in [3.05, 3.63) is 53.6 Å². The molecule has 0 spiro atoms. The van der Waals surface area contributed by atoms with E-state index in [0.717, 1.165) is 42.1 Å². The summed E-state index contributed by atoms with van der Waals surface area (Å²) in [4.78, 5) is 16.9. The van der Waals surface area contributed by atoms with Gasteiger partial charge in [-0.3, -0.25) is 4.68 Å². The molecule has 2 N–H and O–H groups in total. The number of benzene rings is 1. The third-order valence-corrected chi connectivity index (χ3v) is 6.68. The van der Waals surface area contributed by atoms with Gasteiger partial charge in [0.25, 0.3) is 10.0 Å². The van der Waals surface area contributed by atoms with Crippen LogP contribution in [-0.2, 0) is 22.9 Å². The second kappa shape index (κ2) is 8.81. The number of amides is 2. The van der Waals surface area contributed by atoms with Crippen LogP contribution in [0, 0.1) is 5.82 Å². The molecule has 11 heteroatoms. The number of sulfonamides is 1. The topological polar surface area (TPSA) is 115 Å². The normalized spacial score (nSPS) is 13.1. The first-order valence-corrected chi connectivity index (χ1v) is 11.9. The van der Waals surface area contributed by atoms with Gasteiger partial charge in [-0.15, -0.1) is 0 Å². The first-order valence-electron chi connectivity index (χ1n) is 10.4. The van der Waals surface area contributed by atoms with Gasteiger partial charge in [0, 0.05) is 23.9 Å². The standard InChI is InChI=1S/C22H24FN5O4S/c1-13(2)28-12-18(23)21(26-28)33(30,31)27-22(29)25-20-16-6-4-5-14(16)7-8-17(20)15-9-10-24-19(11-15)32-3/h7-13H,4-6H2,1-3H3,(H2,25,27,29). The van der Waals surface area contributed by atoms with E-state index >= 15 is 0 Å². The lowest BCUT2D eigenvalue weighted by atomic mass is 9.98. The van der Waals surface area contributed by atoms with Gasteiger partial charge in [-0.1, -0.05) is 12.1 Å². The van der Waals surface area contributed by atoms with Gasteiger partial charge in [0.1, 0.15) is 0 Å². The number of urea groups is 1. The highest BCUT2D eigenvalue weighted by Gasteiger charge is 2.28. The Hall–Kier alpha value is -3.47. The summed E-state index contributed by atoms with van der Waals surface area (Å²) >= 11 is 0. The van der Waals surface area contributed by atoms with Crippen LogP contribution in [-0.4, -0.2) is 36.3 Å². The lowest BCUT2D eigenvalue weighted by Gasteiger charge is -2.17. The molecule has 0 fully saturated rings. The van der Waals surface area contributed by atoms with Gasteiger partial charge in [-0.05, 0) is 55.9 Å². The summed E-state index contributed by atoms with van der Waals surface area (Å²) in [5, 5.41) is 5.62. The van der Waals surface area contributed by atoms with E-state index < -0.39 is 26.9 Å². The number of fused-ring (bicyclic) bond motifs is 1. The zero-order valence-electron chi connectivity index (χ0n) is 18.4. The number of nitrogens with one attached hydrogen (secondary N) is 2. The highest BCUT2D eigenvalue weighted by atomic mass is 32.2. The Morgan fingerprint density at radius 3 is 2.73 bits per heavy atom. The molecule has 0 aliphatic heterocycles. The van der Waals surface area contributed by atoms with E-state index in [9.17, 15) is 17.6 Å². The van der Waals surface area contributed by atoms with Crippen LogP contribution >= 0.6 is 0 Å². The fraction of sp³-hybridized carbons (Fsp3) is 0.318. The third-order valence-electron chi connectivity index (χ3n) is 5.44. The number of aromatic nitrogens is 3. The number of nitrogens with zero attached hydrogens (tertiary/aromatic N) is 3. The van der Waals surface area contributed by atoms with E-state index in [1.54, 1.807) is 32.2 Å². The van der Waals surface area contributed by atoms with Gasteiger partial charge in [0.2, 0.25) is 10.9 Å². The zero-order valence-corrected chi connectivity index (χ0v) is 19.2.